The molecule has 0 unspecified atom stereocenters. The summed E-state index contributed by atoms with van der Waals surface area (Å²) < 4.78 is 2.45. The molecule has 0 aliphatic heterocycles. The first-order chi connectivity index (χ1) is 15.7. The van der Waals surface area contributed by atoms with Gasteiger partial charge in [-0.2, -0.15) is 15.5 Å². The number of aromatic amines is 1. The first kappa shape index (κ1) is 22.5. The van der Waals surface area contributed by atoms with Gasteiger partial charge in [0.1, 0.15) is 11.4 Å². The van der Waals surface area contributed by atoms with E-state index >= 15 is 0 Å². The lowest BCUT2D eigenvalue weighted by Crippen LogP contribution is -2.26. The number of rotatable bonds is 8. The van der Waals surface area contributed by atoms with Crippen molar-refractivity contribution in [2.24, 2.45) is 14.1 Å². The van der Waals surface area contributed by atoms with Crippen LogP contribution in [0, 0.1) is 21.4 Å². The maximum absolute atomic E-state index is 12.6. The predicted molar refractivity (Wildman–Crippen MR) is 108 cm³/mol. The Hall–Kier alpha value is -5.14. The van der Waals surface area contributed by atoms with E-state index in [1.54, 1.807) is 0 Å². The largest absolute Gasteiger partial charge is 0.454 e. The van der Waals surface area contributed by atoms with Crippen molar-refractivity contribution >= 4 is 35.3 Å². The second kappa shape index (κ2) is 9.34. The summed E-state index contributed by atoms with van der Waals surface area (Å²) in [6.45, 7) is 0.173. The van der Waals surface area contributed by atoms with Crippen molar-refractivity contribution in [1.29, 1.82) is 5.26 Å². The van der Waals surface area contributed by atoms with E-state index in [1.165, 1.54) is 35.6 Å². The molecule has 17 nitrogen and oxygen atoms in total. The number of nitrogens with one attached hydrogen (secondary N) is 4. The molecular weight excluding hydrogens is 440 g/mol. The third-order valence-corrected chi connectivity index (χ3v) is 4.08. The second-order valence-corrected chi connectivity index (χ2v) is 6.39. The lowest BCUT2D eigenvalue weighted by Gasteiger charge is -2.01. The van der Waals surface area contributed by atoms with Crippen molar-refractivity contribution in [3.05, 3.63) is 39.5 Å². The van der Waals surface area contributed by atoms with E-state index in [1.807, 2.05) is 11.2 Å². The molecule has 3 heterocycles. The van der Waals surface area contributed by atoms with Crippen LogP contribution in [0.3, 0.4) is 0 Å². The monoisotopic (exact) mass is 456 g/mol. The Morgan fingerprint density at radius 2 is 1.67 bits per heavy atom. The van der Waals surface area contributed by atoms with Gasteiger partial charge in [-0.05, 0) is 9.91 Å². The third-order valence-electron chi connectivity index (χ3n) is 4.08. The van der Waals surface area contributed by atoms with Crippen LogP contribution in [0.15, 0.2) is 12.1 Å². The molecule has 0 saturated heterocycles. The highest BCUT2D eigenvalue weighted by Gasteiger charge is 2.23. The number of aryl methyl sites for hydroxylation is 2. The number of nitro groups is 1. The zero-order valence-corrected chi connectivity index (χ0v) is 17.2. The molecule has 3 amide bonds. The lowest BCUT2D eigenvalue weighted by molar-refractivity contribution is -0.394. The molecule has 0 bridgehead atoms. The van der Waals surface area contributed by atoms with Crippen molar-refractivity contribution in [3.8, 4) is 6.07 Å². The summed E-state index contributed by atoms with van der Waals surface area (Å²) in [5.41, 5.74) is 0.207. The molecule has 0 aromatic carbocycles. The number of H-pyrrole nitrogens is 1. The van der Waals surface area contributed by atoms with E-state index in [9.17, 15) is 24.5 Å². The minimum absolute atomic E-state index is 0.0290. The number of anilines is 2. The van der Waals surface area contributed by atoms with Crippen LogP contribution >= 0.6 is 0 Å². The molecule has 3 aromatic rings. The normalized spacial score (nSPS) is 10.3. The third kappa shape index (κ3) is 5.13. The number of carbonyl (C=O) groups is 3. The van der Waals surface area contributed by atoms with Crippen LogP contribution < -0.4 is 16.0 Å². The number of nitrogens with zero attached hydrogens (tertiary/aromatic N) is 8. The first-order valence-corrected chi connectivity index (χ1v) is 9.12. The highest BCUT2D eigenvalue weighted by Crippen LogP contribution is 2.14. The number of hydrogen-bond acceptors (Lipinski definition) is 10. The molecule has 0 aliphatic carbocycles. The smallest absolute Gasteiger partial charge is 0.390 e. The fraction of sp³-hybridized carbons (Fsp3) is 0.250. The van der Waals surface area contributed by atoms with E-state index in [2.05, 4.69) is 36.2 Å². The van der Waals surface area contributed by atoms with Crippen LogP contribution in [0.2, 0.25) is 0 Å². The molecule has 0 atom stereocenters. The Kier molecular flexibility index (Phi) is 6.38. The molecule has 170 valence electrons. The quantitative estimate of drug-likeness (QED) is 0.189. The predicted octanol–water partition coefficient (Wildman–Crippen LogP) is -0.672. The summed E-state index contributed by atoms with van der Waals surface area (Å²) in [4.78, 5) is 50.1. The van der Waals surface area contributed by atoms with Gasteiger partial charge in [0, 0.05) is 32.8 Å². The van der Waals surface area contributed by atoms with Gasteiger partial charge in [-0.3, -0.25) is 23.7 Å². The average Bonchev–Trinajstić information content (AvgIpc) is 3.47. The Labute approximate surface area is 183 Å². The molecule has 0 saturated carbocycles. The maximum Gasteiger partial charge on any atom is 0.454 e. The van der Waals surface area contributed by atoms with Gasteiger partial charge in [0.25, 0.3) is 11.8 Å². The SMILES string of the molecule is Cn1nc(NC(=O)c2cc(NC(=O)c3n[nH]c([N+](=O)[O-])n3)nn2C)cc1C(=O)NCCC#N. The zero-order valence-electron chi connectivity index (χ0n) is 17.2. The van der Waals surface area contributed by atoms with Gasteiger partial charge >= 0.3 is 17.7 Å². The van der Waals surface area contributed by atoms with Crippen molar-refractivity contribution in [2.75, 3.05) is 17.2 Å². The van der Waals surface area contributed by atoms with Crippen molar-refractivity contribution in [1.82, 2.24) is 40.1 Å². The highest BCUT2D eigenvalue weighted by atomic mass is 16.6. The zero-order chi connectivity index (χ0) is 24.1. The van der Waals surface area contributed by atoms with Crippen LogP contribution in [0.1, 0.15) is 38.0 Å². The Morgan fingerprint density at radius 3 is 2.21 bits per heavy atom. The van der Waals surface area contributed by atoms with E-state index in [4.69, 9.17) is 5.26 Å². The van der Waals surface area contributed by atoms with Crippen molar-refractivity contribution in [3.63, 3.8) is 0 Å². The van der Waals surface area contributed by atoms with Gasteiger partial charge in [-0.15, -0.1) is 5.10 Å². The summed E-state index contributed by atoms with van der Waals surface area (Å²) in [5.74, 6) is -3.08. The molecule has 4 N–H and O–H groups in total. The van der Waals surface area contributed by atoms with Gasteiger partial charge in [-0.1, -0.05) is 5.10 Å². The van der Waals surface area contributed by atoms with Crippen LogP contribution in [0.5, 0.6) is 0 Å². The Morgan fingerprint density at radius 1 is 1.09 bits per heavy atom. The fourth-order valence-electron chi connectivity index (χ4n) is 2.59. The topological polar surface area (TPSA) is 231 Å². The maximum atomic E-state index is 12.6. The standard InChI is InChI=1S/C16H16N12O5/c1-26-8(13(29)18-5-3-4-17)6-10(24-26)19-14(30)9-7-11(25-27(9)2)20-15(31)12-21-16(23-22-12)28(32)33/h6-7H,3,5H2,1-2H3,(H,18,29)(H,19,24,30)(H,20,25,31)(H,21,22,23). The first-order valence-electron chi connectivity index (χ1n) is 9.12. The van der Waals surface area contributed by atoms with Crippen LogP contribution in [0.4, 0.5) is 17.6 Å². The molecule has 17 heteroatoms. The van der Waals surface area contributed by atoms with Gasteiger partial charge in [0.15, 0.2) is 11.6 Å². The minimum atomic E-state index is -0.874. The second-order valence-electron chi connectivity index (χ2n) is 6.39. The van der Waals surface area contributed by atoms with Crippen LogP contribution in [-0.2, 0) is 14.1 Å². The van der Waals surface area contributed by atoms with Gasteiger partial charge < -0.3 is 26.1 Å². The number of carbonyl (C=O) groups excluding carboxylic acids is 3. The minimum Gasteiger partial charge on any atom is -0.390 e. The van der Waals surface area contributed by atoms with Gasteiger partial charge in [0.05, 0.1) is 12.5 Å². The van der Waals surface area contributed by atoms with E-state index in [0.29, 0.717) is 0 Å². The van der Waals surface area contributed by atoms with Gasteiger partial charge in [-0.25, -0.2) is 0 Å². The summed E-state index contributed by atoms with van der Waals surface area (Å²) in [6, 6.07) is 4.52. The fourth-order valence-corrected chi connectivity index (χ4v) is 2.59. The summed E-state index contributed by atoms with van der Waals surface area (Å²) >= 11 is 0. The van der Waals surface area contributed by atoms with Crippen LogP contribution in [0.25, 0.3) is 0 Å². The number of nitriles is 1. The molecule has 0 aliphatic rings. The van der Waals surface area contributed by atoms with Crippen molar-refractivity contribution < 1.29 is 19.3 Å². The van der Waals surface area contributed by atoms with Crippen molar-refractivity contribution in [2.45, 2.75) is 6.42 Å². The molecule has 0 fully saturated rings. The summed E-state index contributed by atoms with van der Waals surface area (Å²) in [7, 11) is 2.97. The molecule has 0 spiro atoms. The number of hydrogen-bond donors (Lipinski definition) is 4. The summed E-state index contributed by atoms with van der Waals surface area (Å²) in [5, 5.41) is 40.0. The number of aromatic nitrogens is 7. The molecular formula is C16H16N12O5. The average molecular weight is 456 g/mol. The molecule has 3 aromatic heterocycles. The lowest BCUT2D eigenvalue weighted by atomic mass is 10.3. The molecule has 3 rings (SSSR count). The van der Waals surface area contributed by atoms with E-state index in [-0.39, 0.29) is 36.0 Å². The molecule has 33 heavy (non-hydrogen) atoms. The van der Waals surface area contributed by atoms with Gasteiger partial charge in [0.2, 0.25) is 0 Å². The van der Waals surface area contributed by atoms with Crippen LogP contribution in [-0.4, -0.2) is 63.9 Å². The highest BCUT2D eigenvalue weighted by molar-refractivity contribution is 6.05. The van der Waals surface area contributed by atoms with E-state index < -0.39 is 34.4 Å². The summed E-state index contributed by atoms with van der Waals surface area (Å²) in [6.07, 6.45) is 0.152. The Balaban J connectivity index is 1.67. The Bertz CT molecular complexity index is 1280. The van der Waals surface area contributed by atoms with E-state index in [0.717, 1.165) is 0 Å². The molecule has 0 radical (unpaired) electrons. The number of amides is 3.